The molecule has 0 aliphatic carbocycles. The van der Waals surface area contributed by atoms with Crippen molar-refractivity contribution in [2.24, 2.45) is 5.41 Å². The molecule has 2 nitrogen and oxygen atoms in total. The molecule has 0 aliphatic heterocycles. The molecule has 0 fully saturated rings. The summed E-state index contributed by atoms with van der Waals surface area (Å²) in [7, 11) is 2.19. The molecule has 0 N–H and O–H groups in total. The van der Waals surface area contributed by atoms with Crippen LogP contribution in [0.4, 0.5) is 0 Å². The molecule has 15 heavy (non-hydrogen) atoms. The third-order valence-electron chi connectivity index (χ3n) is 4.27. The Hall–Kier alpha value is -0.0800. The van der Waals surface area contributed by atoms with E-state index in [1.807, 2.05) is 6.92 Å². The monoisotopic (exact) mass is 215 g/mol. The minimum absolute atomic E-state index is 0.207. The predicted octanol–water partition coefficient (Wildman–Crippen LogP) is 3.17. The van der Waals surface area contributed by atoms with Crippen LogP contribution in [-0.2, 0) is 4.74 Å². The van der Waals surface area contributed by atoms with Crippen LogP contribution in [-0.4, -0.2) is 37.2 Å². The molecule has 0 saturated carbocycles. The van der Waals surface area contributed by atoms with Gasteiger partial charge in [-0.25, -0.2) is 0 Å². The van der Waals surface area contributed by atoms with Crippen LogP contribution in [0, 0.1) is 5.41 Å². The van der Waals surface area contributed by atoms with Crippen LogP contribution >= 0.6 is 0 Å². The first-order valence-electron chi connectivity index (χ1n) is 6.08. The summed E-state index contributed by atoms with van der Waals surface area (Å²) in [4.78, 5) is 2.41. The Bertz CT molecular complexity index is 175. The van der Waals surface area contributed by atoms with E-state index >= 15 is 0 Å². The lowest BCUT2D eigenvalue weighted by atomic mass is 9.72. The van der Waals surface area contributed by atoms with Crippen LogP contribution in [0.25, 0.3) is 0 Å². The Labute approximate surface area is 96.0 Å². The molecule has 0 heterocycles. The van der Waals surface area contributed by atoms with Crippen molar-refractivity contribution in [1.82, 2.24) is 4.90 Å². The summed E-state index contributed by atoms with van der Waals surface area (Å²) >= 11 is 0. The Morgan fingerprint density at radius 3 is 2.00 bits per heavy atom. The molecular formula is C13H29NO. The fourth-order valence-electron chi connectivity index (χ4n) is 1.57. The maximum atomic E-state index is 5.40. The van der Waals surface area contributed by atoms with Crippen LogP contribution in [0.15, 0.2) is 0 Å². The fraction of sp³-hybridized carbons (Fsp3) is 1.00. The van der Waals surface area contributed by atoms with E-state index in [4.69, 9.17) is 4.74 Å². The Balaban J connectivity index is 4.31. The molecule has 0 aromatic heterocycles. The molecular weight excluding hydrogens is 186 g/mol. The molecule has 0 amide bonds. The van der Waals surface area contributed by atoms with Gasteiger partial charge in [0.05, 0.1) is 6.61 Å². The van der Waals surface area contributed by atoms with Crippen molar-refractivity contribution < 1.29 is 4.74 Å². The molecule has 0 aliphatic rings. The minimum Gasteiger partial charge on any atom is -0.380 e. The standard InChI is InChI=1S/C13H29NO/c1-8-12(3,4)13(5,6)14(7)10-11-15-9-2/h8-11H2,1-7H3. The number of likely N-dealkylation sites (N-methyl/N-ethyl adjacent to an activating group) is 1. The normalized spacial score (nSPS) is 13.6. The largest absolute Gasteiger partial charge is 0.380 e. The lowest BCUT2D eigenvalue weighted by Gasteiger charge is -2.47. The summed E-state index contributed by atoms with van der Waals surface area (Å²) in [6.45, 7) is 16.3. The number of ether oxygens (including phenoxy) is 1. The smallest absolute Gasteiger partial charge is 0.0593 e. The van der Waals surface area contributed by atoms with Gasteiger partial charge in [0.15, 0.2) is 0 Å². The highest BCUT2D eigenvalue weighted by Gasteiger charge is 2.38. The van der Waals surface area contributed by atoms with Gasteiger partial charge in [-0.15, -0.1) is 0 Å². The highest BCUT2D eigenvalue weighted by atomic mass is 16.5. The molecule has 92 valence electrons. The van der Waals surface area contributed by atoms with Gasteiger partial charge in [0.2, 0.25) is 0 Å². The van der Waals surface area contributed by atoms with Gasteiger partial charge in [0, 0.05) is 18.7 Å². The van der Waals surface area contributed by atoms with Gasteiger partial charge in [-0.1, -0.05) is 20.8 Å². The van der Waals surface area contributed by atoms with Gasteiger partial charge in [-0.3, -0.25) is 4.90 Å². The van der Waals surface area contributed by atoms with E-state index in [0.29, 0.717) is 5.41 Å². The van der Waals surface area contributed by atoms with E-state index in [1.54, 1.807) is 0 Å². The fourth-order valence-corrected chi connectivity index (χ4v) is 1.57. The zero-order chi connectivity index (χ0) is 12.1. The average molecular weight is 215 g/mol. The second-order valence-corrected chi connectivity index (χ2v) is 5.41. The summed E-state index contributed by atoms with van der Waals surface area (Å²) in [5.41, 5.74) is 0.535. The molecule has 0 rings (SSSR count). The van der Waals surface area contributed by atoms with E-state index in [0.717, 1.165) is 19.8 Å². The van der Waals surface area contributed by atoms with Crippen LogP contribution in [0.5, 0.6) is 0 Å². The third-order valence-corrected chi connectivity index (χ3v) is 4.27. The topological polar surface area (TPSA) is 12.5 Å². The molecule has 2 heteroatoms. The molecule has 0 unspecified atom stereocenters. The number of hydrogen-bond donors (Lipinski definition) is 0. The number of hydrogen-bond acceptors (Lipinski definition) is 2. The van der Waals surface area contributed by atoms with Crippen LogP contribution < -0.4 is 0 Å². The van der Waals surface area contributed by atoms with E-state index in [9.17, 15) is 0 Å². The van der Waals surface area contributed by atoms with Crippen molar-refractivity contribution in [3.63, 3.8) is 0 Å². The maximum Gasteiger partial charge on any atom is 0.0593 e. The van der Waals surface area contributed by atoms with Crippen LogP contribution in [0.3, 0.4) is 0 Å². The first-order valence-corrected chi connectivity index (χ1v) is 6.08. The Morgan fingerprint density at radius 1 is 1.07 bits per heavy atom. The summed E-state index contributed by atoms with van der Waals surface area (Å²) in [6.07, 6.45) is 1.19. The van der Waals surface area contributed by atoms with Gasteiger partial charge >= 0.3 is 0 Å². The first kappa shape index (κ1) is 14.9. The summed E-state index contributed by atoms with van der Waals surface area (Å²) in [5, 5.41) is 0. The quantitative estimate of drug-likeness (QED) is 0.605. The number of rotatable bonds is 7. The molecule has 0 aromatic rings. The van der Waals surface area contributed by atoms with Gasteiger partial charge in [-0.2, -0.15) is 0 Å². The highest BCUT2D eigenvalue weighted by Crippen LogP contribution is 2.37. The van der Waals surface area contributed by atoms with Gasteiger partial charge in [-0.05, 0) is 39.7 Å². The van der Waals surface area contributed by atoms with Crippen molar-refractivity contribution in [3.05, 3.63) is 0 Å². The Morgan fingerprint density at radius 2 is 1.60 bits per heavy atom. The molecule has 0 atom stereocenters. The maximum absolute atomic E-state index is 5.40. The van der Waals surface area contributed by atoms with E-state index in [1.165, 1.54) is 6.42 Å². The van der Waals surface area contributed by atoms with E-state index in [-0.39, 0.29) is 5.54 Å². The van der Waals surface area contributed by atoms with Crippen molar-refractivity contribution in [3.8, 4) is 0 Å². The Kier molecular flexibility index (Phi) is 5.82. The summed E-state index contributed by atoms with van der Waals surface area (Å²) in [5.74, 6) is 0. The van der Waals surface area contributed by atoms with Crippen LogP contribution in [0.2, 0.25) is 0 Å². The SMILES string of the molecule is CCOCCN(C)C(C)(C)C(C)(C)CC. The second-order valence-electron chi connectivity index (χ2n) is 5.41. The van der Waals surface area contributed by atoms with E-state index < -0.39 is 0 Å². The van der Waals surface area contributed by atoms with Crippen molar-refractivity contribution in [1.29, 1.82) is 0 Å². The predicted molar refractivity (Wildman–Crippen MR) is 67.3 cm³/mol. The van der Waals surface area contributed by atoms with Crippen LogP contribution in [0.1, 0.15) is 48.0 Å². The van der Waals surface area contributed by atoms with Crippen molar-refractivity contribution in [2.45, 2.75) is 53.5 Å². The van der Waals surface area contributed by atoms with Gasteiger partial charge in [0.1, 0.15) is 0 Å². The van der Waals surface area contributed by atoms with Crippen molar-refractivity contribution >= 4 is 0 Å². The first-order chi connectivity index (χ1) is 6.79. The van der Waals surface area contributed by atoms with E-state index in [2.05, 4.69) is 46.6 Å². The molecule has 0 aromatic carbocycles. The highest BCUT2D eigenvalue weighted by molar-refractivity contribution is 4.93. The third kappa shape index (κ3) is 3.76. The van der Waals surface area contributed by atoms with Crippen molar-refractivity contribution in [2.75, 3.05) is 26.8 Å². The summed E-state index contributed by atoms with van der Waals surface area (Å²) < 4.78 is 5.40. The lowest BCUT2D eigenvalue weighted by Crippen LogP contribution is -2.52. The zero-order valence-electron chi connectivity index (χ0n) is 11.7. The van der Waals surface area contributed by atoms with Gasteiger partial charge in [0.25, 0.3) is 0 Å². The number of nitrogens with zero attached hydrogens (tertiary/aromatic N) is 1. The molecule has 0 radical (unpaired) electrons. The van der Waals surface area contributed by atoms with Gasteiger partial charge < -0.3 is 4.74 Å². The minimum atomic E-state index is 0.207. The zero-order valence-corrected chi connectivity index (χ0v) is 11.7. The molecule has 0 spiro atoms. The summed E-state index contributed by atoms with van der Waals surface area (Å²) in [6, 6.07) is 0. The molecule has 0 bridgehead atoms. The molecule has 0 saturated heterocycles. The second kappa shape index (κ2) is 5.86. The average Bonchev–Trinajstić information content (AvgIpc) is 2.17. The lowest BCUT2D eigenvalue weighted by molar-refractivity contribution is 0.00735.